The van der Waals surface area contributed by atoms with Crippen molar-refractivity contribution in [1.82, 2.24) is 0 Å². The van der Waals surface area contributed by atoms with Gasteiger partial charge in [0.15, 0.2) is 11.5 Å². The van der Waals surface area contributed by atoms with Crippen LogP contribution < -0.4 is 19.9 Å². The molecule has 0 atom stereocenters. The Balaban J connectivity index is 2.52. The molecule has 100 valence electrons. The highest BCUT2D eigenvalue weighted by molar-refractivity contribution is 5.76. The molecule has 3 N–H and O–H groups in total. The number of amidine groups is 1. The van der Waals surface area contributed by atoms with Crippen LogP contribution in [0.25, 0.3) is 0 Å². The van der Waals surface area contributed by atoms with Gasteiger partial charge in [-0.1, -0.05) is 6.07 Å². The fourth-order valence-corrected chi connectivity index (χ4v) is 1.55. The van der Waals surface area contributed by atoms with E-state index in [0.29, 0.717) is 30.3 Å². The molecule has 0 fully saturated rings. The minimum Gasteiger partial charge on any atom is -0.493 e. The summed E-state index contributed by atoms with van der Waals surface area (Å²) < 4.78 is 16.1. The standard InChI is InChI=1S/C13H20N2O3/c1-16-10-6-5-7-11(17-2)13(10)18-9-4-3-8-12(14)15/h5-7H,3-4,8-9H2,1-2H3,(H3,14,15). The summed E-state index contributed by atoms with van der Waals surface area (Å²) in [6.45, 7) is 0.546. The molecule has 5 nitrogen and oxygen atoms in total. The van der Waals surface area contributed by atoms with Crippen LogP contribution in [-0.2, 0) is 0 Å². The van der Waals surface area contributed by atoms with Crippen molar-refractivity contribution in [2.24, 2.45) is 5.73 Å². The quantitative estimate of drug-likeness (QED) is 0.422. The Morgan fingerprint density at radius 2 is 1.78 bits per heavy atom. The molecule has 0 saturated heterocycles. The Morgan fingerprint density at radius 3 is 2.28 bits per heavy atom. The van der Waals surface area contributed by atoms with Crippen molar-refractivity contribution in [3.05, 3.63) is 18.2 Å². The topological polar surface area (TPSA) is 77.6 Å². The Kier molecular flexibility index (Phi) is 5.84. The molecular formula is C13H20N2O3. The minimum atomic E-state index is 0.213. The molecule has 0 unspecified atom stereocenters. The van der Waals surface area contributed by atoms with Crippen LogP contribution in [0.5, 0.6) is 17.2 Å². The number of benzene rings is 1. The highest BCUT2D eigenvalue weighted by atomic mass is 16.5. The Labute approximate surface area is 107 Å². The number of hydrogen-bond donors (Lipinski definition) is 2. The number of hydrogen-bond acceptors (Lipinski definition) is 4. The molecule has 0 heterocycles. The first kappa shape index (κ1) is 14.2. The molecule has 1 rings (SSSR count). The van der Waals surface area contributed by atoms with Gasteiger partial charge in [-0.15, -0.1) is 0 Å². The fourth-order valence-electron chi connectivity index (χ4n) is 1.55. The van der Waals surface area contributed by atoms with Gasteiger partial charge in [-0.25, -0.2) is 0 Å². The zero-order valence-corrected chi connectivity index (χ0v) is 10.9. The number of unbranched alkanes of at least 4 members (excludes halogenated alkanes) is 1. The number of para-hydroxylation sites is 1. The van der Waals surface area contributed by atoms with E-state index in [1.54, 1.807) is 14.2 Å². The van der Waals surface area contributed by atoms with Crippen molar-refractivity contribution in [3.63, 3.8) is 0 Å². The predicted molar refractivity (Wildman–Crippen MR) is 70.8 cm³/mol. The fraction of sp³-hybridized carbons (Fsp3) is 0.462. The predicted octanol–water partition coefficient (Wildman–Crippen LogP) is 2.19. The molecule has 0 bridgehead atoms. The highest BCUT2D eigenvalue weighted by Gasteiger charge is 2.10. The molecule has 0 aliphatic carbocycles. The summed E-state index contributed by atoms with van der Waals surface area (Å²) in [6, 6.07) is 5.50. The van der Waals surface area contributed by atoms with Gasteiger partial charge < -0.3 is 19.9 Å². The van der Waals surface area contributed by atoms with Crippen molar-refractivity contribution >= 4 is 5.84 Å². The van der Waals surface area contributed by atoms with Crippen LogP contribution in [0, 0.1) is 5.41 Å². The van der Waals surface area contributed by atoms with Crippen LogP contribution in [0.3, 0.4) is 0 Å². The summed E-state index contributed by atoms with van der Waals surface area (Å²) in [6.07, 6.45) is 2.28. The summed E-state index contributed by atoms with van der Waals surface area (Å²) in [7, 11) is 3.19. The Bertz CT molecular complexity index is 372. The SMILES string of the molecule is COc1cccc(OC)c1OCCCCC(=N)N. The van der Waals surface area contributed by atoms with E-state index >= 15 is 0 Å². The van der Waals surface area contributed by atoms with Gasteiger partial charge in [0.1, 0.15) is 0 Å². The van der Waals surface area contributed by atoms with Gasteiger partial charge in [0, 0.05) is 6.42 Å². The van der Waals surface area contributed by atoms with Gasteiger partial charge in [0.2, 0.25) is 5.75 Å². The van der Waals surface area contributed by atoms with Crippen LogP contribution in [0.1, 0.15) is 19.3 Å². The third kappa shape index (κ3) is 4.16. The molecule has 1 aromatic rings. The zero-order chi connectivity index (χ0) is 13.4. The van der Waals surface area contributed by atoms with Crippen LogP contribution >= 0.6 is 0 Å². The van der Waals surface area contributed by atoms with E-state index in [0.717, 1.165) is 12.8 Å². The zero-order valence-electron chi connectivity index (χ0n) is 10.9. The van der Waals surface area contributed by atoms with Crippen molar-refractivity contribution in [3.8, 4) is 17.2 Å². The molecule has 0 radical (unpaired) electrons. The molecule has 0 spiro atoms. The summed E-state index contributed by atoms with van der Waals surface area (Å²) in [5.41, 5.74) is 5.28. The number of ether oxygens (including phenoxy) is 3. The third-order valence-corrected chi connectivity index (χ3v) is 2.47. The van der Waals surface area contributed by atoms with Crippen molar-refractivity contribution in [2.45, 2.75) is 19.3 Å². The Morgan fingerprint density at radius 1 is 1.17 bits per heavy atom. The normalized spacial score (nSPS) is 9.89. The first-order chi connectivity index (χ1) is 8.69. The number of methoxy groups -OCH3 is 2. The molecular weight excluding hydrogens is 232 g/mol. The van der Waals surface area contributed by atoms with E-state index in [1.165, 1.54) is 0 Å². The molecule has 0 amide bonds. The lowest BCUT2D eigenvalue weighted by atomic mass is 10.2. The lowest BCUT2D eigenvalue weighted by molar-refractivity contribution is 0.269. The molecule has 18 heavy (non-hydrogen) atoms. The summed E-state index contributed by atoms with van der Waals surface area (Å²) in [5, 5.41) is 7.12. The maximum atomic E-state index is 7.12. The van der Waals surface area contributed by atoms with Crippen molar-refractivity contribution in [2.75, 3.05) is 20.8 Å². The van der Waals surface area contributed by atoms with Gasteiger partial charge >= 0.3 is 0 Å². The van der Waals surface area contributed by atoms with Crippen molar-refractivity contribution < 1.29 is 14.2 Å². The molecule has 0 saturated carbocycles. The maximum absolute atomic E-state index is 7.12. The molecule has 1 aromatic carbocycles. The molecule has 5 heteroatoms. The summed E-state index contributed by atoms with van der Waals surface area (Å²) in [4.78, 5) is 0. The maximum Gasteiger partial charge on any atom is 0.203 e. The first-order valence-electron chi connectivity index (χ1n) is 5.85. The largest absolute Gasteiger partial charge is 0.493 e. The van der Waals surface area contributed by atoms with E-state index in [2.05, 4.69) is 0 Å². The van der Waals surface area contributed by atoms with E-state index in [-0.39, 0.29) is 5.84 Å². The molecule has 0 aromatic heterocycles. The third-order valence-electron chi connectivity index (χ3n) is 2.47. The van der Waals surface area contributed by atoms with Crippen molar-refractivity contribution in [1.29, 1.82) is 5.41 Å². The summed E-state index contributed by atoms with van der Waals surface area (Å²) >= 11 is 0. The summed E-state index contributed by atoms with van der Waals surface area (Å²) in [5.74, 6) is 2.14. The Hall–Kier alpha value is -1.91. The second kappa shape index (κ2) is 7.42. The highest BCUT2D eigenvalue weighted by Crippen LogP contribution is 2.36. The van der Waals surface area contributed by atoms with Crippen LogP contribution in [-0.4, -0.2) is 26.7 Å². The van der Waals surface area contributed by atoms with Crippen LogP contribution in [0.4, 0.5) is 0 Å². The van der Waals surface area contributed by atoms with Crippen LogP contribution in [0.15, 0.2) is 18.2 Å². The number of nitrogens with one attached hydrogen (secondary N) is 1. The number of nitrogens with two attached hydrogens (primary N) is 1. The van der Waals surface area contributed by atoms with E-state index in [1.807, 2.05) is 18.2 Å². The van der Waals surface area contributed by atoms with Gasteiger partial charge in [-0.2, -0.15) is 0 Å². The van der Waals surface area contributed by atoms with E-state index < -0.39 is 0 Å². The van der Waals surface area contributed by atoms with Gasteiger partial charge in [0.05, 0.1) is 26.7 Å². The first-order valence-corrected chi connectivity index (χ1v) is 5.85. The molecule has 0 aliphatic rings. The monoisotopic (exact) mass is 252 g/mol. The smallest absolute Gasteiger partial charge is 0.203 e. The second-order valence-corrected chi connectivity index (χ2v) is 3.82. The van der Waals surface area contributed by atoms with E-state index in [9.17, 15) is 0 Å². The van der Waals surface area contributed by atoms with Crippen LogP contribution in [0.2, 0.25) is 0 Å². The van der Waals surface area contributed by atoms with E-state index in [4.69, 9.17) is 25.4 Å². The second-order valence-electron chi connectivity index (χ2n) is 3.82. The van der Waals surface area contributed by atoms with Gasteiger partial charge in [0.25, 0.3) is 0 Å². The average Bonchev–Trinajstić information content (AvgIpc) is 2.37. The molecule has 0 aliphatic heterocycles. The van der Waals surface area contributed by atoms with Gasteiger partial charge in [-0.05, 0) is 25.0 Å². The van der Waals surface area contributed by atoms with Gasteiger partial charge in [-0.3, -0.25) is 5.41 Å². The average molecular weight is 252 g/mol. The lowest BCUT2D eigenvalue weighted by Gasteiger charge is -2.13. The number of rotatable bonds is 8. The minimum absolute atomic E-state index is 0.213. The lowest BCUT2D eigenvalue weighted by Crippen LogP contribution is -2.09.